The first-order valence-corrected chi connectivity index (χ1v) is 7.46. The van der Waals surface area contributed by atoms with Crippen molar-refractivity contribution in [1.29, 1.82) is 0 Å². The number of aromatic nitrogens is 1. The van der Waals surface area contributed by atoms with E-state index in [9.17, 15) is 9.90 Å². The van der Waals surface area contributed by atoms with E-state index in [-0.39, 0.29) is 11.9 Å². The molecule has 2 N–H and O–H groups in total. The van der Waals surface area contributed by atoms with E-state index in [1.807, 2.05) is 53.4 Å². The van der Waals surface area contributed by atoms with E-state index < -0.39 is 6.10 Å². The Balaban J connectivity index is 1.67. The molecule has 1 heterocycles. The van der Waals surface area contributed by atoms with Gasteiger partial charge >= 0.3 is 0 Å². The third-order valence-corrected chi connectivity index (χ3v) is 4.08. The third kappa shape index (κ3) is 3.16. The maximum absolute atomic E-state index is 12.2. The van der Waals surface area contributed by atoms with Crippen LogP contribution in [-0.2, 0) is 0 Å². The second-order valence-electron chi connectivity index (χ2n) is 5.57. The van der Waals surface area contributed by atoms with Crippen molar-refractivity contribution in [1.82, 2.24) is 9.88 Å². The van der Waals surface area contributed by atoms with Gasteiger partial charge in [0.2, 0.25) is 0 Å². The SMILES string of the molecule is O=C(N[C@H]1CCCC[C@@H]1O)c1ccc(-n2cccc2)cc1. The summed E-state index contributed by atoms with van der Waals surface area (Å²) in [4.78, 5) is 12.2. The average molecular weight is 284 g/mol. The van der Waals surface area contributed by atoms with Gasteiger partial charge in [-0.05, 0) is 49.2 Å². The van der Waals surface area contributed by atoms with Gasteiger partial charge in [-0.15, -0.1) is 0 Å². The molecule has 1 aliphatic carbocycles. The van der Waals surface area contributed by atoms with Crippen LogP contribution in [-0.4, -0.2) is 27.7 Å². The standard InChI is InChI=1S/C17H20N2O2/c20-16-6-2-1-5-15(16)18-17(21)13-7-9-14(10-8-13)19-11-3-4-12-19/h3-4,7-12,15-16,20H,1-2,5-6H2,(H,18,21)/t15-,16-/m0/s1. The van der Waals surface area contributed by atoms with Crippen LogP contribution in [0, 0.1) is 0 Å². The Morgan fingerprint density at radius 2 is 1.76 bits per heavy atom. The largest absolute Gasteiger partial charge is 0.391 e. The summed E-state index contributed by atoms with van der Waals surface area (Å²) >= 11 is 0. The maximum atomic E-state index is 12.2. The van der Waals surface area contributed by atoms with Crippen LogP contribution in [0.2, 0.25) is 0 Å². The summed E-state index contributed by atoms with van der Waals surface area (Å²) in [7, 11) is 0. The van der Waals surface area contributed by atoms with E-state index in [2.05, 4.69) is 5.32 Å². The molecule has 0 saturated heterocycles. The smallest absolute Gasteiger partial charge is 0.251 e. The maximum Gasteiger partial charge on any atom is 0.251 e. The van der Waals surface area contributed by atoms with Crippen molar-refractivity contribution in [3.8, 4) is 5.69 Å². The number of benzene rings is 1. The zero-order chi connectivity index (χ0) is 14.7. The number of nitrogens with one attached hydrogen (secondary N) is 1. The lowest BCUT2D eigenvalue weighted by Crippen LogP contribution is -2.45. The predicted octanol–water partition coefficient (Wildman–Crippen LogP) is 2.51. The van der Waals surface area contributed by atoms with Crippen molar-refractivity contribution in [2.24, 2.45) is 0 Å². The first-order chi connectivity index (χ1) is 10.2. The molecule has 2 atom stereocenters. The molecule has 1 aromatic carbocycles. The zero-order valence-corrected chi connectivity index (χ0v) is 11.9. The zero-order valence-electron chi connectivity index (χ0n) is 11.9. The Morgan fingerprint density at radius 1 is 1.10 bits per heavy atom. The highest BCUT2D eigenvalue weighted by Crippen LogP contribution is 2.19. The molecule has 110 valence electrons. The molecule has 4 heteroatoms. The van der Waals surface area contributed by atoms with E-state index in [1.165, 1.54) is 0 Å². The van der Waals surface area contributed by atoms with Gasteiger partial charge in [0.05, 0.1) is 12.1 Å². The van der Waals surface area contributed by atoms with Gasteiger partial charge < -0.3 is 15.0 Å². The molecule has 0 radical (unpaired) electrons. The molecule has 1 saturated carbocycles. The van der Waals surface area contributed by atoms with Gasteiger partial charge in [0.25, 0.3) is 5.91 Å². The lowest BCUT2D eigenvalue weighted by Gasteiger charge is -2.28. The van der Waals surface area contributed by atoms with Crippen molar-refractivity contribution in [3.63, 3.8) is 0 Å². The highest BCUT2D eigenvalue weighted by atomic mass is 16.3. The molecule has 1 aromatic heterocycles. The average Bonchev–Trinajstić information content (AvgIpc) is 3.04. The number of amides is 1. The van der Waals surface area contributed by atoms with Crippen LogP contribution >= 0.6 is 0 Å². The fourth-order valence-corrected chi connectivity index (χ4v) is 2.82. The molecule has 0 unspecified atom stereocenters. The van der Waals surface area contributed by atoms with Gasteiger partial charge in [-0.2, -0.15) is 0 Å². The number of hydrogen-bond donors (Lipinski definition) is 2. The lowest BCUT2D eigenvalue weighted by molar-refractivity contribution is 0.0717. The monoisotopic (exact) mass is 284 g/mol. The van der Waals surface area contributed by atoms with Crippen LogP contribution in [0.1, 0.15) is 36.0 Å². The normalized spacial score (nSPS) is 22.0. The highest BCUT2D eigenvalue weighted by molar-refractivity contribution is 5.94. The summed E-state index contributed by atoms with van der Waals surface area (Å²) in [6.45, 7) is 0. The van der Waals surface area contributed by atoms with E-state index in [0.29, 0.717) is 5.56 Å². The van der Waals surface area contributed by atoms with Crippen LogP contribution < -0.4 is 5.32 Å². The molecule has 0 spiro atoms. The summed E-state index contributed by atoms with van der Waals surface area (Å²) in [5, 5.41) is 12.9. The van der Waals surface area contributed by atoms with E-state index in [1.54, 1.807) is 0 Å². The molecule has 0 aliphatic heterocycles. The fraction of sp³-hybridized carbons (Fsp3) is 0.353. The first kappa shape index (κ1) is 13.9. The summed E-state index contributed by atoms with van der Waals surface area (Å²) in [5.74, 6) is -0.111. The lowest BCUT2D eigenvalue weighted by atomic mass is 9.92. The summed E-state index contributed by atoms with van der Waals surface area (Å²) in [6, 6.07) is 11.3. The Labute approximate surface area is 124 Å². The Bertz CT molecular complexity index is 590. The quantitative estimate of drug-likeness (QED) is 0.910. The number of carbonyl (C=O) groups excluding carboxylic acids is 1. The number of carbonyl (C=O) groups is 1. The first-order valence-electron chi connectivity index (χ1n) is 7.46. The van der Waals surface area contributed by atoms with Gasteiger partial charge in [0, 0.05) is 23.6 Å². The van der Waals surface area contributed by atoms with E-state index in [4.69, 9.17) is 0 Å². The summed E-state index contributed by atoms with van der Waals surface area (Å²) in [5.41, 5.74) is 1.65. The molecule has 21 heavy (non-hydrogen) atoms. The Morgan fingerprint density at radius 3 is 2.43 bits per heavy atom. The topological polar surface area (TPSA) is 54.3 Å². The second kappa shape index (κ2) is 6.14. The fourth-order valence-electron chi connectivity index (χ4n) is 2.82. The molecule has 1 fully saturated rings. The summed E-state index contributed by atoms with van der Waals surface area (Å²) in [6.07, 6.45) is 7.25. The van der Waals surface area contributed by atoms with Crippen molar-refractivity contribution >= 4 is 5.91 Å². The number of rotatable bonds is 3. The number of aliphatic hydroxyl groups is 1. The Kier molecular flexibility index (Phi) is 4.06. The molecular formula is C17H20N2O2. The minimum Gasteiger partial charge on any atom is -0.391 e. The van der Waals surface area contributed by atoms with Crippen LogP contribution in [0.4, 0.5) is 0 Å². The molecule has 3 rings (SSSR count). The minimum atomic E-state index is -0.415. The van der Waals surface area contributed by atoms with Crippen LogP contribution in [0.3, 0.4) is 0 Å². The van der Waals surface area contributed by atoms with Crippen molar-refractivity contribution < 1.29 is 9.90 Å². The van der Waals surface area contributed by atoms with Gasteiger partial charge in [-0.25, -0.2) is 0 Å². The van der Waals surface area contributed by atoms with Gasteiger partial charge in [-0.3, -0.25) is 4.79 Å². The molecule has 0 bridgehead atoms. The van der Waals surface area contributed by atoms with Crippen molar-refractivity contribution in [2.75, 3.05) is 0 Å². The third-order valence-electron chi connectivity index (χ3n) is 4.08. The molecule has 4 nitrogen and oxygen atoms in total. The van der Waals surface area contributed by atoms with E-state index in [0.717, 1.165) is 31.4 Å². The van der Waals surface area contributed by atoms with E-state index >= 15 is 0 Å². The number of hydrogen-bond acceptors (Lipinski definition) is 2. The molecule has 1 aliphatic rings. The van der Waals surface area contributed by atoms with Crippen LogP contribution in [0.25, 0.3) is 5.69 Å². The summed E-state index contributed by atoms with van der Waals surface area (Å²) < 4.78 is 1.99. The number of aliphatic hydroxyl groups excluding tert-OH is 1. The van der Waals surface area contributed by atoms with Crippen LogP contribution in [0.15, 0.2) is 48.8 Å². The van der Waals surface area contributed by atoms with Gasteiger partial charge in [0.1, 0.15) is 0 Å². The Hall–Kier alpha value is -2.07. The van der Waals surface area contributed by atoms with Crippen LogP contribution in [0.5, 0.6) is 0 Å². The minimum absolute atomic E-state index is 0.111. The van der Waals surface area contributed by atoms with Crippen molar-refractivity contribution in [2.45, 2.75) is 37.8 Å². The molecular weight excluding hydrogens is 264 g/mol. The van der Waals surface area contributed by atoms with Gasteiger partial charge in [-0.1, -0.05) is 12.8 Å². The second-order valence-corrected chi connectivity index (χ2v) is 5.57. The predicted molar refractivity (Wildman–Crippen MR) is 81.5 cm³/mol. The van der Waals surface area contributed by atoms with Gasteiger partial charge in [0.15, 0.2) is 0 Å². The van der Waals surface area contributed by atoms with Crippen molar-refractivity contribution in [3.05, 3.63) is 54.4 Å². The highest BCUT2D eigenvalue weighted by Gasteiger charge is 2.24. The molecule has 1 amide bonds. The number of nitrogens with zero attached hydrogens (tertiary/aromatic N) is 1. The molecule has 2 aromatic rings.